The van der Waals surface area contributed by atoms with Gasteiger partial charge in [0.25, 0.3) is 0 Å². The molecule has 0 spiro atoms. The van der Waals surface area contributed by atoms with Gasteiger partial charge in [0.2, 0.25) is 11.8 Å². The Bertz CT molecular complexity index is 1870. The van der Waals surface area contributed by atoms with Gasteiger partial charge in [-0.2, -0.15) is 0 Å². The average Bonchev–Trinajstić information content (AvgIpc) is 3.70. The van der Waals surface area contributed by atoms with Crippen LogP contribution in [0.15, 0.2) is 128 Å². The highest BCUT2D eigenvalue weighted by atomic mass is 16.5. The number of allylic oxidation sites excluding steroid dienone is 3. The van der Waals surface area contributed by atoms with E-state index < -0.39 is 47.4 Å². The van der Waals surface area contributed by atoms with Crippen LogP contribution in [0.5, 0.6) is 0 Å². The third-order valence-electron chi connectivity index (χ3n) is 8.78. The molecule has 1 aromatic heterocycles. The molecule has 1 aliphatic rings. The first kappa shape index (κ1) is 39.0. The molecule has 5 N–H and O–H groups in total. The Balaban J connectivity index is 1.29. The van der Waals surface area contributed by atoms with Crippen molar-refractivity contribution >= 4 is 23.9 Å². The van der Waals surface area contributed by atoms with Gasteiger partial charge in [-0.3, -0.25) is 9.59 Å². The summed E-state index contributed by atoms with van der Waals surface area (Å²) in [7, 11) is 0. The summed E-state index contributed by atoms with van der Waals surface area (Å²) in [6.45, 7) is 2.13. The van der Waals surface area contributed by atoms with Gasteiger partial charge in [0.05, 0.1) is 19.5 Å². The number of alkyl carbamates (subject to hydrolysis) is 1. The molecular weight excluding hydrogens is 690 g/mol. The number of benzene rings is 3. The molecular formula is C41H45N5O8. The number of hydrogen-bond acceptors (Lipinski definition) is 8. The third kappa shape index (κ3) is 12.5. The Hall–Kier alpha value is -6.21. The predicted molar refractivity (Wildman–Crippen MR) is 199 cm³/mol. The first-order valence-corrected chi connectivity index (χ1v) is 17.6. The SMILES string of the molecule is CC1(C[C@H](NC(=O)[C@H](Cc2cnc[nH]2)NC(=O)OCc2ccccc2)C(=O)N[C@@H](COCc2ccccc2)C(=O)O)C=CC(OCc2ccccc2)=CC1. The minimum atomic E-state index is -1.40. The fourth-order valence-corrected chi connectivity index (χ4v) is 5.75. The second kappa shape index (κ2) is 19.6. The normalized spacial score (nSPS) is 16.6. The van der Waals surface area contributed by atoms with Crippen LogP contribution in [-0.2, 0) is 54.8 Å². The van der Waals surface area contributed by atoms with Gasteiger partial charge in [-0.1, -0.05) is 104 Å². The molecule has 0 saturated carbocycles. The maximum absolute atomic E-state index is 14.0. The van der Waals surface area contributed by atoms with Crippen molar-refractivity contribution in [1.29, 1.82) is 0 Å². The molecule has 0 fully saturated rings. The number of aliphatic carboxylic acids is 1. The van der Waals surface area contributed by atoms with Crippen LogP contribution in [0.25, 0.3) is 0 Å². The first-order chi connectivity index (χ1) is 26.2. The lowest BCUT2D eigenvalue weighted by Gasteiger charge is -2.33. The number of nitrogens with zero attached hydrogens (tertiary/aromatic N) is 1. The largest absolute Gasteiger partial charge is 0.489 e. The van der Waals surface area contributed by atoms with Gasteiger partial charge in [0.1, 0.15) is 31.1 Å². The van der Waals surface area contributed by atoms with Gasteiger partial charge in [-0.25, -0.2) is 14.6 Å². The van der Waals surface area contributed by atoms with Crippen molar-refractivity contribution in [3.05, 3.63) is 150 Å². The summed E-state index contributed by atoms with van der Waals surface area (Å²) >= 11 is 0. The number of carboxylic acids is 1. The Morgan fingerprint density at radius 1 is 0.796 bits per heavy atom. The number of carbonyl (C=O) groups is 4. The molecule has 0 aliphatic heterocycles. The second-order valence-corrected chi connectivity index (χ2v) is 13.3. The maximum Gasteiger partial charge on any atom is 0.408 e. The van der Waals surface area contributed by atoms with Crippen LogP contribution in [0, 0.1) is 5.41 Å². The number of carboxylic acid groups (broad SMARTS) is 1. The summed E-state index contributed by atoms with van der Waals surface area (Å²) in [4.78, 5) is 60.0. The lowest BCUT2D eigenvalue weighted by Crippen LogP contribution is -2.57. The molecule has 0 bridgehead atoms. The Morgan fingerprint density at radius 3 is 1.96 bits per heavy atom. The van der Waals surface area contributed by atoms with Crippen LogP contribution >= 0.6 is 0 Å². The van der Waals surface area contributed by atoms with E-state index in [2.05, 4.69) is 25.9 Å². The number of imidazole rings is 1. The zero-order valence-electron chi connectivity index (χ0n) is 30.0. The van der Waals surface area contributed by atoms with E-state index >= 15 is 0 Å². The highest BCUT2D eigenvalue weighted by molar-refractivity contribution is 5.93. The fourth-order valence-electron chi connectivity index (χ4n) is 5.75. The number of amides is 3. The van der Waals surface area contributed by atoms with Crippen molar-refractivity contribution in [2.24, 2.45) is 5.41 Å². The molecule has 1 aliphatic carbocycles. The number of carbonyl (C=O) groups excluding carboxylic acids is 3. The van der Waals surface area contributed by atoms with Crippen molar-refractivity contribution in [1.82, 2.24) is 25.9 Å². The van der Waals surface area contributed by atoms with Gasteiger partial charge in [0, 0.05) is 18.3 Å². The number of aromatic nitrogens is 2. The number of nitrogens with one attached hydrogen (secondary N) is 4. The molecule has 4 aromatic rings. The second-order valence-electron chi connectivity index (χ2n) is 13.3. The van der Waals surface area contributed by atoms with Crippen molar-refractivity contribution in [2.45, 2.75) is 64.1 Å². The number of rotatable bonds is 19. The highest BCUT2D eigenvalue weighted by Crippen LogP contribution is 2.35. The minimum absolute atomic E-state index is 0.00765. The van der Waals surface area contributed by atoms with Crippen LogP contribution in [-0.4, -0.2) is 63.7 Å². The van der Waals surface area contributed by atoms with Crippen LogP contribution in [0.3, 0.4) is 0 Å². The van der Waals surface area contributed by atoms with E-state index in [1.54, 1.807) is 12.1 Å². The number of hydrogen-bond donors (Lipinski definition) is 5. The predicted octanol–water partition coefficient (Wildman–Crippen LogP) is 4.98. The summed E-state index contributed by atoms with van der Waals surface area (Å²) in [5.74, 6) is -2.04. The topological polar surface area (TPSA) is 181 Å². The van der Waals surface area contributed by atoms with Crippen LogP contribution in [0.4, 0.5) is 4.79 Å². The van der Waals surface area contributed by atoms with Crippen molar-refractivity contribution in [2.75, 3.05) is 6.61 Å². The molecule has 13 heteroatoms. The lowest BCUT2D eigenvalue weighted by atomic mass is 9.77. The smallest absolute Gasteiger partial charge is 0.408 e. The van der Waals surface area contributed by atoms with E-state index in [4.69, 9.17) is 14.2 Å². The van der Waals surface area contributed by atoms with E-state index in [9.17, 15) is 24.3 Å². The molecule has 1 unspecified atom stereocenters. The number of ether oxygens (including phenoxy) is 3. The number of aromatic amines is 1. The Morgan fingerprint density at radius 2 is 1.39 bits per heavy atom. The zero-order valence-corrected chi connectivity index (χ0v) is 30.0. The van der Waals surface area contributed by atoms with E-state index in [1.165, 1.54) is 12.5 Å². The molecule has 282 valence electrons. The lowest BCUT2D eigenvalue weighted by molar-refractivity contribution is -0.144. The fraction of sp³-hybridized carbons (Fsp3) is 0.293. The maximum atomic E-state index is 14.0. The van der Waals surface area contributed by atoms with Crippen LogP contribution in [0.1, 0.15) is 42.1 Å². The van der Waals surface area contributed by atoms with E-state index in [0.29, 0.717) is 24.5 Å². The van der Waals surface area contributed by atoms with E-state index in [0.717, 1.165) is 16.7 Å². The monoisotopic (exact) mass is 735 g/mol. The Kier molecular flexibility index (Phi) is 14.1. The highest BCUT2D eigenvalue weighted by Gasteiger charge is 2.35. The molecule has 1 heterocycles. The summed E-state index contributed by atoms with van der Waals surface area (Å²) < 4.78 is 17.0. The summed E-state index contributed by atoms with van der Waals surface area (Å²) in [6.07, 6.45) is 8.36. The number of H-pyrrole nitrogens is 1. The zero-order chi connectivity index (χ0) is 38.2. The van der Waals surface area contributed by atoms with Crippen molar-refractivity contribution in [3.63, 3.8) is 0 Å². The quantitative estimate of drug-likeness (QED) is 0.0888. The molecule has 13 nitrogen and oxygen atoms in total. The Labute approximate surface area is 313 Å². The molecule has 4 atom stereocenters. The molecule has 3 amide bonds. The molecule has 54 heavy (non-hydrogen) atoms. The van der Waals surface area contributed by atoms with Gasteiger partial charge >= 0.3 is 12.1 Å². The molecule has 5 rings (SSSR count). The summed E-state index contributed by atoms with van der Waals surface area (Å²) in [5, 5.41) is 18.0. The van der Waals surface area contributed by atoms with E-state index in [-0.39, 0.29) is 32.7 Å². The molecule has 0 saturated heterocycles. The first-order valence-electron chi connectivity index (χ1n) is 17.6. The van der Waals surface area contributed by atoms with E-state index in [1.807, 2.05) is 104 Å². The molecule has 0 radical (unpaired) electrons. The molecule has 3 aromatic carbocycles. The van der Waals surface area contributed by atoms with Gasteiger partial charge in [-0.05, 0) is 47.1 Å². The van der Waals surface area contributed by atoms with Gasteiger partial charge < -0.3 is 40.3 Å². The summed E-state index contributed by atoms with van der Waals surface area (Å²) in [5.41, 5.74) is 2.53. The average molecular weight is 736 g/mol. The minimum Gasteiger partial charge on any atom is -0.489 e. The van der Waals surface area contributed by atoms with Crippen LogP contribution in [0.2, 0.25) is 0 Å². The third-order valence-corrected chi connectivity index (χ3v) is 8.78. The van der Waals surface area contributed by atoms with Gasteiger partial charge in [0.15, 0.2) is 6.04 Å². The summed E-state index contributed by atoms with van der Waals surface area (Å²) in [6, 6.07) is 24.3. The standard InChI is InChI=1S/C41H45N5O8/c1-41(19-17-33(18-20-41)53-25-30-13-7-3-8-14-30)22-35(38(48)45-36(39(49)50)27-52-24-29-11-5-2-6-12-29)44-37(47)34(21-32-23-42-28-43-32)46-40(51)54-26-31-15-9-4-10-16-31/h2-19,23,28,34-36H,20-22,24-27H2,1H3,(H,42,43)(H,44,47)(H,45,48)(H,46,51)(H,49,50)/t34-,35-,36-,41?/m0/s1. The van der Waals surface area contributed by atoms with Gasteiger partial charge in [-0.15, -0.1) is 0 Å². The van der Waals surface area contributed by atoms with Crippen molar-refractivity contribution in [3.8, 4) is 0 Å². The van der Waals surface area contributed by atoms with Crippen molar-refractivity contribution < 1.29 is 38.5 Å². The van der Waals surface area contributed by atoms with Crippen LogP contribution < -0.4 is 16.0 Å².